The second-order valence-electron chi connectivity index (χ2n) is 6.68. The van der Waals surface area contributed by atoms with Gasteiger partial charge in [-0.25, -0.2) is 0 Å². The third-order valence-electron chi connectivity index (χ3n) is 3.72. The maximum atomic E-state index is 3.63. The lowest BCUT2D eigenvalue weighted by atomic mass is 9.84. The Morgan fingerprint density at radius 3 is 2.41 bits per heavy atom. The van der Waals surface area contributed by atoms with Gasteiger partial charge in [-0.1, -0.05) is 51.5 Å². The summed E-state index contributed by atoms with van der Waals surface area (Å²) in [6, 6.07) is 7.61. The third kappa shape index (κ3) is 2.90. The third-order valence-corrected chi connectivity index (χ3v) is 3.72. The molecule has 1 aliphatic heterocycles. The van der Waals surface area contributed by atoms with Gasteiger partial charge in [-0.05, 0) is 42.3 Å². The molecule has 1 heteroatoms. The Hall–Kier alpha value is -0.820. The van der Waals surface area contributed by atoms with Crippen LogP contribution in [-0.2, 0) is 5.41 Å². The van der Waals surface area contributed by atoms with Crippen molar-refractivity contribution in [2.75, 3.05) is 6.54 Å². The van der Waals surface area contributed by atoms with Crippen molar-refractivity contribution in [2.24, 2.45) is 5.92 Å². The molecule has 2 rings (SSSR count). The van der Waals surface area contributed by atoms with E-state index in [1.807, 2.05) is 0 Å². The molecule has 0 saturated carbocycles. The van der Waals surface area contributed by atoms with E-state index >= 15 is 0 Å². The number of nitrogens with one attached hydrogen (secondary N) is 1. The molecule has 1 N–H and O–H groups in total. The predicted molar refractivity (Wildman–Crippen MR) is 74.4 cm³/mol. The fraction of sp³-hybridized carbons (Fsp3) is 0.625. The smallest absolute Gasteiger partial charge is 0.0323 e. The molecule has 1 fully saturated rings. The van der Waals surface area contributed by atoms with Gasteiger partial charge in [-0.3, -0.25) is 0 Å². The van der Waals surface area contributed by atoms with Gasteiger partial charge in [-0.15, -0.1) is 0 Å². The molecule has 2 atom stereocenters. The Bertz CT molecular complexity index is 400. The van der Waals surface area contributed by atoms with Crippen LogP contribution in [0.5, 0.6) is 0 Å². The van der Waals surface area contributed by atoms with Crippen molar-refractivity contribution < 1.29 is 0 Å². The van der Waals surface area contributed by atoms with Gasteiger partial charge in [0.25, 0.3) is 0 Å². The van der Waals surface area contributed by atoms with E-state index in [1.165, 1.54) is 23.1 Å². The van der Waals surface area contributed by atoms with Gasteiger partial charge in [0.2, 0.25) is 0 Å². The molecule has 1 saturated heterocycles. The second-order valence-corrected chi connectivity index (χ2v) is 6.68. The van der Waals surface area contributed by atoms with Crippen LogP contribution in [-0.4, -0.2) is 6.54 Å². The lowest BCUT2D eigenvalue weighted by Gasteiger charge is -2.22. The Balaban J connectivity index is 2.32. The molecule has 1 aromatic rings. The van der Waals surface area contributed by atoms with Crippen LogP contribution in [0.1, 0.15) is 56.8 Å². The number of aryl methyl sites for hydroxylation is 1. The van der Waals surface area contributed by atoms with Crippen molar-refractivity contribution in [1.29, 1.82) is 0 Å². The Morgan fingerprint density at radius 1 is 1.18 bits per heavy atom. The van der Waals surface area contributed by atoms with E-state index in [2.05, 4.69) is 58.1 Å². The zero-order chi connectivity index (χ0) is 12.6. The lowest BCUT2D eigenvalue weighted by molar-refractivity contribution is 0.580. The van der Waals surface area contributed by atoms with Crippen LogP contribution in [0.25, 0.3) is 0 Å². The van der Waals surface area contributed by atoms with Gasteiger partial charge in [0.05, 0.1) is 0 Å². The second kappa shape index (κ2) is 4.45. The fourth-order valence-corrected chi connectivity index (χ4v) is 2.61. The Labute approximate surface area is 106 Å². The Kier molecular flexibility index (Phi) is 3.31. The minimum atomic E-state index is 0.241. The maximum absolute atomic E-state index is 3.63. The van der Waals surface area contributed by atoms with Crippen molar-refractivity contribution in [1.82, 2.24) is 5.32 Å². The van der Waals surface area contributed by atoms with Crippen LogP contribution in [0.4, 0.5) is 0 Å². The van der Waals surface area contributed by atoms with Crippen LogP contribution < -0.4 is 5.32 Å². The first-order chi connectivity index (χ1) is 7.86. The summed E-state index contributed by atoms with van der Waals surface area (Å²) < 4.78 is 0. The molecule has 0 radical (unpaired) electrons. The highest BCUT2D eigenvalue weighted by molar-refractivity contribution is 5.35. The maximum Gasteiger partial charge on any atom is 0.0323 e. The van der Waals surface area contributed by atoms with Crippen molar-refractivity contribution in [3.05, 3.63) is 34.9 Å². The molecule has 1 nitrogen and oxygen atoms in total. The normalized spacial score (nSPS) is 25.2. The molecule has 17 heavy (non-hydrogen) atoms. The number of benzene rings is 1. The predicted octanol–water partition coefficient (Wildman–Crippen LogP) is 3.96. The SMILES string of the molecule is Cc1cc([C@H]2C[C@@H](C)CN2)cc(C(C)(C)C)c1. The monoisotopic (exact) mass is 231 g/mol. The largest absolute Gasteiger partial charge is 0.310 e. The van der Waals surface area contributed by atoms with Crippen LogP contribution >= 0.6 is 0 Å². The number of hydrogen-bond acceptors (Lipinski definition) is 1. The molecule has 1 aromatic carbocycles. The quantitative estimate of drug-likeness (QED) is 0.771. The van der Waals surface area contributed by atoms with E-state index < -0.39 is 0 Å². The van der Waals surface area contributed by atoms with Crippen molar-refractivity contribution in [3.8, 4) is 0 Å². The first-order valence-electron chi connectivity index (χ1n) is 6.72. The molecular weight excluding hydrogens is 206 g/mol. The fourth-order valence-electron chi connectivity index (χ4n) is 2.61. The summed E-state index contributed by atoms with van der Waals surface area (Å²) in [5.41, 5.74) is 4.55. The zero-order valence-electron chi connectivity index (χ0n) is 11.8. The minimum Gasteiger partial charge on any atom is -0.310 e. The van der Waals surface area contributed by atoms with Crippen LogP contribution in [0.3, 0.4) is 0 Å². The highest BCUT2D eigenvalue weighted by Crippen LogP contribution is 2.31. The van der Waals surface area contributed by atoms with E-state index in [-0.39, 0.29) is 5.41 Å². The first-order valence-corrected chi connectivity index (χ1v) is 6.72. The molecule has 0 unspecified atom stereocenters. The average Bonchev–Trinajstić information content (AvgIpc) is 2.62. The highest BCUT2D eigenvalue weighted by atomic mass is 14.9. The molecule has 1 heterocycles. The summed E-state index contributed by atoms with van der Waals surface area (Å²) in [6.07, 6.45) is 1.27. The summed E-state index contributed by atoms with van der Waals surface area (Å²) in [6.45, 7) is 12.6. The van der Waals surface area contributed by atoms with Gasteiger partial charge < -0.3 is 5.32 Å². The van der Waals surface area contributed by atoms with Gasteiger partial charge >= 0.3 is 0 Å². The summed E-state index contributed by atoms with van der Waals surface area (Å²) in [7, 11) is 0. The van der Waals surface area contributed by atoms with Crippen molar-refractivity contribution in [3.63, 3.8) is 0 Å². The van der Waals surface area contributed by atoms with Crippen LogP contribution in [0, 0.1) is 12.8 Å². The van der Waals surface area contributed by atoms with Gasteiger partial charge in [0.15, 0.2) is 0 Å². The van der Waals surface area contributed by atoms with Crippen molar-refractivity contribution in [2.45, 2.75) is 52.5 Å². The minimum absolute atomic E-state index is 0.241. The topological polar surface area (TPSA) is 12.0 Å². The van der Waals surface area contributed by atoms with Crippen LogP contribution in [0.15, 0.2) is 18.2 Å². The molecule has 0 spiro atoms. The summed E-state index contributed by atoms with van der Waals surface area (Å²) in [5, 5.41) is 3.63. The van der Waals surface area contributed by atoms with E-state index in [4.69, 9.17) is 0 Å². The van der Waals surface area contributed by atoms with Crippen LogP contribution in [0.2, 0.25) is 0 Å². The van der Waals surface area contributed by atoms with E-state index in [1.54, 1.807) is 0 Å². The highest BCUT2D eigenvalue weighted by Gasteiger charge is 2.23. The molecule has 0 amide bonds. The molecule has 0 aliphatic carbocycles. The number of hydrogen-bond donors (Lipinski definition) is 1. The standard InChI is InChI=1S/C16H25N/c1-11-6-13(15-8-12(2)10-17-15)9-14(7-11)16(3,4)5/h6-7,9,12,15,17H,8,10H2,1-5H3/t12-,15-/m1/s1. The molecule has 0 bridgehead atoms. The average molecular weight is 231 g/mol. The van der Waals surface area contributed by atoms with Gasteiger partial charge in [0.1, 0.15) is 0 Å². The van der Waals surface area contributed by atoms with E-state index in [0.29, 0.717) is 6.04 Å². The molecular formula is C16H25N. The summed E-state index contributed by atoms with van der Waals surface area (Å²) >= 11 is 0. The zero-order valence-corrected chi connectivity index (χ0v) is 11.8. The van der Waals surface area contributed by atoms with E-state index in [9.17, 15) is 0 Å². The molecule has 1 aliphatic rings. The molecule has 0 aromatic heterocycles. The lowest BCUT2D eigenvalue weighted by Crippen LogP contribution is -2.16. The first kappa shape index (κ1) is 12.6. The van der Waals surface area contributed by atoms with E-state index in [0.717, 1.165) is 12.5 Å². The van der Waals surface area contributed by atoms with Crippen molar-refractivity contribution >= 4 is 0 Å². The molecule has 94 valence electrons. The summed E-state index contributed by atoms with van der Waals surface area (Å²) in [4.78, 5) is 0. The van der Waals surface area contributed by atoms with Gasteiger partial charge in [0, 0.05) is 6.04 Å². The Morgan fingerprint density at radius 2 is 1.88 bits per heavy atom. The van der Waals surface area contributed by atoms with Gasteiger partial charge in [-0.2, -0.15) is 0 Å². The number of rotatable bonds is 1. The summed E-state index contributed by atoms with van der Waals surface area (Å²) in [5.74, 6) is 0.804.